The molecule has 0 saturated heterocycles. The average Bonchev–Trinajstić information content (AvgIpc) is 2.82. The summed E-state index contributed by atoms with van der Waals surface area (Å²) >= 11 is 0. The van der Waals surface area contributed by atoms with E-state index < -0.39 is 6.10 Å². The number of ether oxygens (including phenoxy) is 1. The smallest absolute Gasteiger partial charge is 0.140 e. The quantitative estimate of drug-likeness (QED) is 0.824. The van der Waals surface area contributed by atoms with Gasteiger partial charge in [-0.15, -0.1) is 0 Å². The second-order valence-corrected chi connectivity index (χ2v) is 5.28. The van der Waals surface area contributed by atoms with E-state index in [1.165, 1.54) is 6.33 Å². The van der Waals surface area contributed by atoms with E-state index >= 15 is 0 Å². The van der Waals surface area contributed by atoms with Crippen molar-refractivity contribution in [3.05, 3.63) is 42.0 Å². The molecule has 1 aromatic carbocycles. The van der Waals surface area contributed by atoms with Crippen molar-refractivity contribution >= 4 is 0 Å². The Morgan fingerprint density at radius 3 is 2.90 bits per heavy atom. The lowest BCUT2D eigenvalue weighted by molar-refractivity contribution is 0.0733. The van der Waals surface area contributed by atoms with Gasteiger partial charge in [0.1, 0.15) is 30.6 Å². The van der Waals surface area contributed by atoms with Gasteiger partial charge < -0.3 is 9.84 Å². The molecule has 0 radical (unpaired) electrons. The molecule has 2 rings (SSSR count). The number of aryl methyl sites for hydroxylation is 2. The molecule has 0 aliphatic carbocycles. The molecule has 2 aromatic rings. The monoisotopic (exact) mass is 290 g/mol. The number of hydrogen-bond acceptors (Lipinski definition) is 5. The van der Waals surface area contributed by atoms with E-state index in [0.29, 0.717) is 13.1 Å². The molecule has 114 valence electrons. The summed E-state index contributed by atoms with van der Waals surface area (Å²) in [7, 11) is 3.79. The molecule has 0 bridgehead atoms. The molecular weight excluding hydrogens is 268 g/mol. The highest BCUT2D eigenvalue weighted by atomic mass is 16.5. The Morgan fingerprint density at radius 1 is 1.43 bits per heavy atom. The van der Waals surface area contributed by atoms with E-state index in [1.807, 2.05) is 50.2 Å². The molecule has 1 unspecified atom stereocenters. The van der Waals surface area contributed by atoms with E-state index in [1.54, 1.807) is 4.68 Å². The first-order valence-electron chi connectivity index (χ1n) is 6.93. The summed E-state index contributed by atoms with van der Waals surface area (Å²) in [6, 6.07) is 7.80. The fraction of sp³-hybridized carbons (Fsp3) is 0.467. The van der Waals surface area contributed by atoms with Crippen molar-refractivity contribution < 1.29 is 9.84 Å². The third-order valence-corrected chi connectivity index (χ3v) is 3.17. The zero-order chi connectivity index (χ0) is 15.2. The van der Waals surface area contributed by atoms with Crippen LogP contribution in [0.3, 0.4) is 0 Å². The van der Waals surface area contributed by atoms with Gasteiger partial charge in [0.05, 0.1) is 6.54 Å². The third-order valence-electron chi connectivity index (χ3n) is 3.17. The van der Waals surface area contributed by atoms with E-state index in [-0.39, 0.29) is 6.61 Å². The summed E-state index contributed by atoms with van der Waals surface area (Å²) in [6.07, 6.45) is 0.976. The molecule has 6 nitrogen and oxygen atoms in total. The van der Waals surface area contributed by atoms with Crippen LogP contribution in [0.15, 0.2) is 30.6 Å². The second-order valence-electron chi connectivity index (χ2n) is 5.28. The van der Waals surface area contributed by atoms with Crippen LogP contribution in [0.25, 0.3) is 0 Å². The standard InChI is InChI=1S/C15H22N4O2/c1-12-5-4-6-14(7-12)21-10-13(20)8-18(2)9-15-16-11-17-19(15)3/h4-7,11,13,20H,8-10H2,1-3H3. The molecule has 6 heteroatoms. The molecule has 0 spiro atoms. The lowest BCUT2D eigenvalue weighted by atomic mass is 10.2. The third kappa shape index (κ3) is 4.84. The van der Waals surface area contributed by atoms with Crippen LogP contribution in [0.1, 0.15) is 11.4 Å². The van der Waals surface area contributed by atoms with Gasteiger partial charge in [-0.05, 0) is 31.7 Å². The number of aromatic nitrogens is 3. The van der Waals surface area contributed by atoms with Crippen LogP contribution in [-0.4, -0.2) is 51.1 Å². The molecule has 0 aliphatic heterocycles. The van der Waals surface area contributed by atoms with Crippen LogP contribution < -0.4 is 4.74 Å². The van der Waals surface area contributed by atoms with Gasteiger partial charge in [0.25, 0.3) is 0 Å². The first kappa shape index (κ1) is 15.5. The van der Waals surface area contributed by atoms with Crippen LogP contribution in [-0.2, 0) is 13.6 Å². The average molecular weight is 290 g/mol. The molecule has 0 saturated carbocycles. The van der Waals surface area contributed by atoms with Crippen molar-refractivity contribution in [2.75, 3.05) is 20.2 Å². The Bertz CT molecular complexity index is 570. The number of aliphatic hydroxyl groups excluding tert-OH is 1. The number of aliphatic hydroxyl groups is 1. The van der Waals surface area contributed by atoms with E-state index in [2.05, 4.69) is 10.1 Å². The summed E-state index contributed by atoms with van der Waals surface area (Å²) in [5.74, 6) is 1.65. The Hall–Kier alpha value is -1.92. The van der Waals surface area contributed by atoms with E-state index in [0.717, 1.165) is 17.1 Å². The van der Waals surface area contributed by atoms with Gasteiger partial charge in [-0.25, -0.2) is 4.98 Å². The maximum absolute atomic E-state index is 10.0. The second kappa shape index (κ2) is 7.19. The largest absolute Gasteiger partial charge is 0.491 e. The Labute approximate surface area is 125 Å². The van der Waals surface area contributed by atoms with Crippen LogP contribution in [0.2, 0.25) is 0 Å². The van der Waals surface area contributed by atoms with E-state index in [9.17, 15) is 5.11 Å². The number of hydrogen-bond donors (Lipinski definition) is 1. The molecule has 0 amide bonds. The summed E-state index contributed by atoms with van der Waals surface area (Å²) in [5, 5.41) is 14.1. The van der Waals surface area contributed by atoms with E-state index in [4.69, 9.17) is 4.74 Å². The topological polar surface area (TPSA) is 63.4 Å². The highest BCUT2D eigenvalue weighted by Gasteiger charge is 2.11. The van der Waals surface area contributed by atoms with Gasteiger partial charge >= 0.3 is 0 Å². The minimum atomic E-state index is -0.552. The maximum Gasteiger partial charge on any atom is 0.140 e. The van der Waals surface area contributed by atoms with Gasteiger partial charge in [0.15, 0.2) is 0 Å². The Kier molecular flexibility index (Phi) is 5.30. The summed E-state index contributed by atoms with van der Waals surface area (Å²) in [5.41, 5.74) is 1.14. The van der Waals surface area contributed by atoms with Crippen LogP contribution in [0, 0.1) is 6.92 Å². The van der Waals surface area contributed by atoms with Gasteiger partial charge in [-0.3, -0.25) is 9.58 Å². The van der Waals surface area contributed by atoms with Crippen molar-refractivity contribution in [2.24, 2.45) is 7.05 Å². The zero-order valence-corrected chi connectivity index (χ0v) is 12.7. The van der Waals surface area contributed by atoms with Crippen molar-refractivity contribution in [1.82, 2.24) is 19.7 Å². The van der Waals surface area contributed by atoms with Crippen LogP contribution >= 0.6 is 0 Å². The lowest BCUT2D eigenvalue weighted by Gasteiger charge is -2.20. The summed E-state index contributed by atoms with van der Waals surface area (Å²) in [4.78, 5) is 6.16. The highest BCUT2D eigenvalue weighted by molar-refractivity contribution is 5.27. The molecule has 0 aliphatic rings. The predicted octanol–water partition coefficient (Wildman–Crippen LogP) is 0.995. The number of nitrogens with zero attached hydrogens (tertiary/aromatic N) is 4. The van der Waals surface area contributed by atoms with Gasteiger partial charge in [0.2, 0.25) is 0 Å². The molecule has 1 atom stereocenters. The molecule has 1 N–H and O–H groups in total. The highest BCUT2D eigenvalue weighted by Crippen LogP contribution is 2.12. The fourth-order valence-electron chi connectivity index (χ4n) is 2.08. The van der Waals surface area contributed by atoms with Gasteiger partial charge in [-0.1, -0.05) is 12.1 Å². The molecular formula is C15H22N4O2. The molecule has 0 fully saturated rings. The summed E-state index contributed by atoms with van der Waals surface area (Å²) < 4.78 is 7.33. The molecule has 1 heterocycles. The van der Waals surface area contributed by atoms with Gasteiger partial charge in [0, 0.05) is 13.6 Å². The normalized spacial score (nSPS) is 12.6. The number of benzene rings is 1. The van der Waals surface area contributed by atoms with Gasteiger partial charge in [-0.2, -0.15) is 5.10 Å². The zero-order valence-electron chi connectivity index (χ0n) is 12.7. The first-order chi connectivity index (χ1) is 10.0. The van der Waals surface area contributed by atoms with Crippen LogP contribution in [0.4, 0.5) is 0 Å². The fourth-order valence-corrected chi connectivity index (χ4v) is 2.08. The minimum absolute atomic E-state index is 0.270. The minimum Gasteiger partial charge on any atom is -0.491 e. The first-order valence-corrected chi connectivity index (χ1v) is 6.93. The predicted molar refractivity (Wildman–Crippen MR) is 80.0 cm³/mol. The van der Waals surface area contributed by atoms with Crippen LogP contribution in [0.5, 0.6) is 5.75 Å². The molecule has 21 heavy (non-hydrogen) atoms. The Morgan fingerprint density at radius 2 is 2.24 bits per heavy atom. The number of rotatable bonds is 7. The van der Waals surface area contributed by atoms with Crippen molar-refractivity contribution in [3.63, 3.8) is 0 Å². The molecule has 1 aromatic heterocycles. The maximum atomic E-state index is 10.0. The lowest BCUT2D eigenvalue weighted by Crippen LogP contribution is -2.33. The number of likely N-dealkylation sites (N-methyl/N-ethyl adjacent to an activating group) is 1. The Balaban J connectivity index is 1.76. The van der Waals surface area contributed by atoms with Crippen molar-refractivity contribution in [3.8, 4) is 5.75 Å². The van der Waals surface area contributed by atoms with Crippen molar-refractivity contribution in [2.45, 2.75) is 19.6 Å². The SMILES string of the molecule is Cc1cccc(OCC(O)CN(C)Cc2ncnn2C)c1. The summed E-state index contributed by atoms with van der Waals surface area (Å²) in [6.45, 7) is 3.43. The van der Waals surface area contributed by atoms with Crippen molar-refractivity contribution in [1.29, 1.82) is 0 Å².